The van der Waals surface area contributed by atoms with Crippen LogP contribution in [0.15, 0.2) is 29.6 Å². The Morgan fingerprint density at radius 2 is 2.14 bits per heavy atom. The third-order valence-electron chi connectivity index (χ3n) is 3.55. The fourth-order valence-electron chi connectivity index (χ4n) is 2.44. The zero-order valence-electron chi connectivity index (χ0n) is 11.5. The maximum Gasteiger partial charge on any atom is 0.140 e. The van der Waals surface area contributed by atoms with Crippen molar-refractivity contribution in [3.63, 3.8) is 0 Å². The molecule has 3 rings (SSSR count). The Morgan fingerprint density at radius 1 is 1.33 bits per heavy atom. The number of hydrogen-bond donors (Lipinski definition) is 0. The average Bonchev–Trinajstić information content (AvgIpc) is 2.92. The molecule has 1 aromatic heterocycles. The van der Waals surface area contributed by atoms with Crippen LogP contribution < -0.4 is 4.74 Å². The van der Waals surface area contributed by atoms with Gasteiger partial charge >= 0.3 is 0 Å². The van der Waals surface area contributed by atoms with Gasteiger partial charge in [0.2, 0.25) is 0 Å². The van der Waals surface area contributed by atoms with Crippen molar-refractivity contribution >= 4 is 46.9 Å². The van der Waals surface area contributed by atoms with Gasteiger partial charge in [-0.2, -0.15) is 0 Å². The summed E-state index contributed by atoms with van der Waals surface area (Å²) in [5, 5.41) is 3.14. The van der Waals surface area contributed by atoms with Crippen molar-refractivity contribution in [1.29, 1.82) is 0 Å². The molecule has 2 aromatic rings. The summed E-state index contributed by atoms with van der Waals surface area (Å²) in [5.41, 5.74) is 1.27. The largest absolute Gasteiger partial charge is 0.483 e. The number of benzene rings is 1. The van der Waals surface area contributed by atoms with E-state index in [1.54, 1.807) is 17.4 Å². The average molecular weight is 365 g/mol. The Balaban J connectivity index is 0.00000161. The van der Waals surface area contributed by atoms with Gasteiger partial charge in [0.05, 0.1) is 5.02 Å². The minimum Gasteiger partial charge on any atom is -0.483 e. The highest BCUT2D eigenvalue weighted by Gasteiger charge is 2.27. The summed E-state index contributed by atoms with van der Waals surface area (Å²) in [6.45, 7) is 5.07. The predicted octanol–water partition coefficient (Wildman–Crippen LogP) is 5.43. The summed E-state index contributed by atoms with van der Waals surface area (Å²) in [5.74, 6) is 0.652. The third-order valence-corrected chi connectivity index (χ3v) is 5.27. The van der Waals surface area contributed by atoms with Gasteiger partial charge in [-0.05, 0) is 30.1 Å². The molecule has 6 heteroatoms. The second-order valence-electron chi connectivity index (χ2n) is 4.79. The topological polar surface area (TPSA) is 12.5 Å². The van der Waals surface area contributed by atoms with Crippen LogP contribution in [0.4, 0.5) is 0 Å². The molecule has 1 atom stereocenters. The van der Waals surface area contributed by atoms with Crippen molar-refractivity contribution in [3.05, 3.63) is 50.1 Å². The first-order valence-corrected chi connectivity index (χ1v) is 8.22. The van der Waals surface area contributed by atoms with Crippen molar-refractivity contribution in [2.75, 3.05) is 13.1 Å². The fourth-order valence-corrected chi connectivity index (χ4v) is 3.74. The van der Waals surface area contributed by atoms with Crippen LogP contribution in [-0.2, 0) is 6.54 Å². The van der Waals surface area contributed by atoms with Gasteiger partial charge in [0.1, 0.15) is 16.9 Å². The van der Waals surface area contributed by atoms with E-state index in [-0.39, 0.29) is 18.5 Å². The number of rotatable bonds is 3. The van der Waals surface area contributed by atoms with Crippen LogP contribution in [0.2, 0.25) is 10.0 Å². The zero-order valence-corrected chi connectivity index (χ0v) is 14.7. The molecule has 1 aliphatic rings. The quantitative estimate of drug-likeness (QED) is 0.719. The van der Waals surface area contributed by atoms with Crippen LogP contribution in [0.25, 0.3) is 0 Å². The van der Waals surface area contributed by atoms with E-state index in [0.29, 0.717) is 15.8 Å². The van der Waals surface area contributed by atoms with Crippen LogP contribution in [0, 0.1) is 0 Å². The number of hydrogen-bond acceptors (Lipinski definition) is 3. The summed E-state index contributed by atoms with van der Waals surface area (Å²) in [6, 6.07) is 7.64. The van der Waals surface area contributed by atoms with Crippen LogP contribution in [0.5, 0.6) is 5.75 Å². The van der Waals surface area contributed by atoms with E-state index in [2.05, 4.69) is 23.3 Å². The number of nitrogens with zero attached hydrogens (tertiary/aromatic N) is 1. The van der Waals surface area contributed by atoms with Gasteiger partial charge in [-0.15, -0.1) is 23.7 Å². The Labute approximate surface area is 145 Å². The molecule has 0 amide bonds. The maximum absolute atomic E-state index is 6.22. The van der Waals surface area contributed by atoms with Gasteiger partial charge in [0, 0.05) is 23.5 Å². The molecule has 0 N–H and O–H groups in total. The number of thiophene rings is 1. The smallest absolute Gasteiger partial charge is 0.140 e. The molecular formula is C15H16Cl3NOS. The van der Waals surface area contributed by atoms with Crippen LogP contribution >= 0.6 is 46.9 Å². The van der Waals surface area contributed by atoms with E-state index in [4.69, 9.17) is 27.9 Å². The first-order chi connectivity index (χ1) is 9.69. The highest BCUT2D eigenvalue weighted by Crippen LogP contribution is 2.38. The molecule has 0 fully saturated rings. The first-order valence-electron chi connectivity index (χ1n) is 6.58. The van der Waals surface area contributed by atoms with Crippen molar-refractivity contribution in [2.24, 2.45) is 0 Å². The normalized spacial score (nSPS) is 18.0. The maximum atomic E-state index is 6.22. The van der Waals surface area contributed by atoms with E-state index < -0.39 is 0 Å². The van der Waals surface area contributed by atoms with Gasteiger partial charge in [-0.1, -0.05) is 36.2 Å². The molecule has 0 radical (unpaired) electrons. The lowest BCUT2D eigenvalue weighted by atomic mass is 10.1. The summed E-state index contributed by atoms with van der Waals surface area (Å²) in [7, 11) is 0. The van der Waals surface area contributed by atoms with E-state index in [1.165, 1.54) is 10.4 Å². The first kappa shape index (κ1) is 16.9. The van der Waals surface area contributed by atoms with Crippen molar-refractivity contribution < 1.29 is 4.74 Å². The fraction of sp³-hybridized carbons (Fsp3) is 0.333. The lowest BCUT2D eigenvalue weighted by Gasteiger charge is -2.32. The molecule has 2 nitrogen and oxygen atoms in total. The second-order valence-corrected chi connectivity index (χ2v) is 6.57. The number of fused-ring (bicyclic) bond motifs is 1. The summed E-state index contributed by atoms with van der Waals surface area (Å²) in [4.78, 5) is 3.75. The van der Waals surface area contributed by atoms with E-state index in [9.17, 15) is 0 Å². The molecule has 1 aromatic carbocycles. The predicted molar refractivity (Wildman–Crippen MR) is 92.3 cm³/mol. The molecule has 0 bridgehead atoms. The third kappa shape index (κ3) is 3.49. The van der Waals surface area contributed by atoms with Gasteiger partial charge in [-0.25, -0.2) is 0 Å². The number of halogens is 3. The standard InChI is InChI=1S/C15H15Cl2NOS.ClH/c1-2-18-8-13(10-6-7-20-14(10)9-18)19-12-5-3-4-11(16)15(12)17;/h3-7,13H,2,8-9H2,1H3;1H. The van der Waals surface area contributed by atoms with Crippen LogP contribution in [-0.4, -0.2) is 18.0 Å². The second kappa shape index (κ2) is 7.21. The van der Waals surface area contributed by atoms with Gasteiger partial charge in [0.15, 0.2) is 0 Å². The molecular weight excluding hydrogens is 349 g/mol. The number of likely N-dealkylation sites (N-methyl/N-ethyl adjacent to an activating group) is 1. The highest BCUT2D eigenvalue weighted by molar-refractivity contribution is 7.10. The van der Waals surface area contributed by atoms with E-state index >= 15 is 0 Å². The highest BCUT2D eigenvalue weighted by atomic mass is 35.5. The summed E-state index contributed by atoms with van der Waals surface area (Å²) >= 11 is 14.0. The van der Waals surface area contributed by atoms with Crippen molar-refractivity contribution in [1.82, 2.24) is 4.90 Å². The lowest BCUT2D eigenvalue weighted by Crippen LogP contribution is -2.34. The van der Waals surface area contributed by atoms with Gasteiger partial charge in [0.25, 0.3) is 0 Å². The molecule has 21 heavy (non-hydrogen) atoms. The van der Waals surface area contributed by atoms with Crippen LogP contribution in [0.3, 0.4) is 0 Å². The monoisotopic (exact) mass is 363 g/mol. The molecule has 0 spiro atoms. The Bertz CT molecular complexity index is 617. The van der Waals surface area contributed by atoms with E-state index in [1.807, 2.05) is 12.1 Å². The molecule has 0 saturated carbocycles. The van der Waals surface area contributed by atoms with Gasteiger partial charge < -0.3 is 4.74 Å². The number of ether oxygens (including phenoxy) is 1. The Hall–Kier alpha value is -0.450. The van der Waals surface area contributed by atoms with Crippen LogP contribution in [0.1, 0.15) is 23.5 Å². The Kier molecular flexibility index (Phi) is 5.81. The molecule has 0 saturated heterocycles. The molecule has 114 valence electrons. The Morgan fingerprint density at radius 3 is 2.90 bits per heavy atom. The minimum absolute atomic E-state index is 0. The van der Waals surface area contributed by atoms with Gasteiger partial charge in [-0.3, -0.25) is 4.90 Å². The summed E-state index contributed by atoms with van der Waals surface area (Å²) < 4.78 is 6.13. The van der Waals surface area contributed by atoms with E-state index in [0.717, 1.165) is 19.6 Å². The van der Waals surface area contributed by atoms with Crippen molar-refractivity contribution in [3.8, 4) is 5.75 Å². The molecule has 1 aliphatic heterocycles. The zero-order chi connectivity index (χ0) is 14.1. The SMILES string of the molecule is CCN1Cc2sccc2C(Oc2cccc(Cl)c2Cl)C1.Cl. The lowest BCUT2D eigenvalue weighted by molar-refractivity contribution is 0.117. The van der Waals surface area contributed by atoms with Crippen molar-refractivity contribution in [2.45, 2.75) is 19.6 Å². The summed E-state index contributed by atoms with van der Waals surface area (Å²) in [6.07, 6.45) is 0.0147. The molecule has 1 unspecified atom stereocenters. The minimum atomic E-state index is 0. The molecule has 2 heterocycles. The molecule has 0 aliphatic carbocycles.